The molecule has 2 saturated heterocycles. The number of hydrogen-bond donors (Lipinski definition) is 0. The molecule has 3 heterocycles. The molecular weight excluding hydrogens is 378 g/mol. The molecule has 2 unspecified atom stereocenters. The van der Waals surface area contributed by atoms with Crippen LogP contribution in [0.1, 0.15) is 38.3 Å². The van der Waals surface area contributed by atoms with Crippen LogP contribution in [0.25, 0.3) is 11.1 Å². The summed E-state index contributed by atoms with van der Waals surface area (Å²) in [5.41, 5.74) is 3.76. The van der Waals surface area contributed by atoms with Crippen molar-refractivity contribution >= 4 is 6.09 Å². The predicted octanol–water partition coefficient (Wildman–Crippen LogP) is 3.55. The van der Waals surface area contributed by atoms with Gasteiger partial charge in [0.15, 0.2) is 0 Å². The number of ether oxygens (including phenoxy) is 1. The number of benzene rings is 1. The highest BCUT2D eigenvalue weighted by atomic mass is 16.6. The van der Waals surface area contributed by atoms with Crippen LogP contribution in [0.3, 0.4) is 0 Å². The molecule has 4 rings (SSSR count). The maximum absolute atomic E-state index is 12.4. The van der Waals surface area contributed by atoms with Gasteiger partial charge in [-0.25, -0.2) is 4.79 Å². The Bertz CT molecular complexity index is 978. The van der Waals surface area contributed by atoms with E-state index in [-0.39, 0.29) is 17.7 Å². The highest BCUT2D eigenvalue weighted by molar-refractivity contribution is 5.69. The van der Waals surface area contributed by atoms with Crippen LogP contribution in [0.5, 0.6) is 0 Å². The number of nitrogens with zero attached hydrogens (tertiary/aromatic N) is 3. The third-order valence-corrected chi connectivity index (χ3v) is 6.02. The molecule has 2 fully saturated rings. The zero-order valence-corrected chi connectivity index (χ0v) is 18.5. The van der Waals surface area contributed by atoms with Crippen molar-refractivity contribution < 1.29 is 9.53 Å². The van der Waals surface area contributed by atoms with Gasteiger partial charge in [-0.3, -0.25) is 9.69 Å². The summed E-state index contributed by atoms with van der Waals surface area (Å²) in [4.78, 5) is 28.7. The van der Waals surface area contributed by atoms with Gasteiger partial charge in [-0.2, -0.15) is 0 Å². The molecule has 2 aliphatic rings. The van der Waals surface area contributed by atoms with Gasteiger partial charge < -0.3 is 14.2 Å². The van der Waals surface area contributed by atoms with Gasteiger partial charge in [0, 0.05) is 50.5 Å². The largest absolute Gasteiger partial charge is 0.444 e. The second-order valence-electron chi connectivity index (χ2n) is 9.63. The molecule has 6 heteroatoms. The lowest BCUT2D eigenvalue weighted by atomic mass is 10.0. The number of piperazine rings is 1. The predicted molar refractivity (Wildman–Crippen MR) is 117 cm³/mol. The normalized spacial score (nSPS) is 21.3. The Hall–Kier alpha value is -2.60. The van der Waals surface area contributed by atoms with Crippen molar-refractivity contribution in [3.05, 3.63) is 58.0 Å². The smallest absolute Gasteiger partial charge is 0.410 e. The van der Waals surface area contributed by atoms with Gasteiger partial charge in [-0.15, -0.1) is 0 Å². The van der Waals surface area contributed by atoms with E-state index in [2.05, 4.69) is 29.2 Å². The van der Waals surface area contributed by atoms with Crippen LogP contribution in [0.15, 0.2) is 41.3 Å². The van der Waals surface area contributed by atoms with E-state index in [1.165, 1.54) is 5.56 Å². The topological polar surface area (TPSA) is 54.8 Å². The molecule has 1 amide bonds. The van der Waals surface area contributed by atoms with Crippen LogP contribution in [0.2, 0.25) is 0 Å². The summed E-state index contributed by atoms with van der Waals surface area (Å²) < 4.78 is 7.19. The summed E-state index contributed by atoms with van der Waals surface area (Å²) in [7, 11) is 1.79. The number of carbonyl (C=O) groups is 1. The van der Waals surface area contributed by atoms with Crippen LogP contribution in [0.4, 0.5) is 4.79 Å². The quantitative estimate of drug-likeness (QED) is 0.778. The molecule has 1 aromatic carbocycles. The second-order valence-corrected chi connectivity index (χ2v) is 9.63. The third-order valence-electron chi connectivity index (χ3n) is 6.02. The van der Waals surface area contributed by atoms with Crippen molar-refractivity contribution in [1.82, 2.24) is 14.4 Å². The fourth-order valence-electron chi connectivity index (χ4n) is 4.56. The van der Waals surface area contributed by atoms with Gasteiger partial charge in [0.2, 0.25) is 0 Å². The molecule has 0 saturated carbocycles. The van der Waals surface area contributed by atoms with Gasteiger partial charge in [0.1, 0.15) is 5.60 Å². The van der Waals surface area contributed by atoms with Gasteiger partial charge in [0.25, 0.3) is 5.56 Å². The monoisotopic (exact) mass is 409 g/mol. The number of pyridine rings is 1. The number of fused-ring (bicyclic) bond motifs is 2. The number of hydrogen-bond acceptors (Lipinski definition) is 4. The van der Waals surface area contributed by atoms with Crippen molar-refractivity contribution in [2.24, 2.45) is 7.05 Å². The van der Waals surface area contributed by atoms with Crippen LogP contribution >= 0.6 is 0 Å². The Balaban J connectivity index is 1.39. The highest BCUT2D eigenvalue weighted by Crippen LogP contribution is 2.33. The molecule has 0 spiro atoms. The number of carbonyl (C=O) groups excluding carboxylic acids is 1. The molecule has 6 nitrogen and oxygen atoms in total. The molecule has 2 atom stereocenters. The zero-order valence-electron chi connectivity index (χ0n) is 18.5. The molecule has 2 aromatic rings. The third kappa shape index (κ3) is 4.15. The Morgan fingerprint density at radius 2 is 1.80 bits per heavy atom. The lowest BCUT2D eigenvalue weighted by Crippen LogP contribution is -2.49. The summed E-state index contributed by atoms with van der Waals surface area (Å²) in [5.74, 6) is 0. The van der Waals surface area contributed by atoms with E-state index in [9.17, 15) is 9.59 Å². The summed E-state index contributed by atoms with van der Waals surface area (Å²) in [5, 5.41) is 0. The van der Waals surface area contributed by atoms with E-state index in [0.29, 0.717) is 6.04 Å². The Kier molecular flexibility index (Phi) is 5.22. The summed E-state index contributed by atoms with van der Waals surface area (Å²) in [6.07, 6.45) is 2.72. The molecule has 0 N–H and O–H groups in total. The van der Waals surface area contributed by atoms with Crippen molar-refractivity contribution in [3.8, 4) is 11.1 Å². The number of amides is 1. The fraction of sp³-hybridized carbons (Fsp3) is 0.500. The van der Waals surface area contributed by atoms with Gasteiger partial charge in [0.05, 0.1) is 0 Å². The van der Waals surface area contributed by atoms with Crippen LogP contribution in [0, 0.1) is 6.92 Å². The number of rotatable bonds is 3. The Morgan fingerprint density at radius 3 is 2.37 bits per heavy atom. The van der Waals surface area contributed by atoms with E-state index >= 15 is 0 Å². The lowest BCUT2D eigenvalue weighted by molar-refractivity contribution is 0.0124. The van der Waals surface area contributed by atoms with Gasteiger partial charge in [-0.05, 0) is 56.9 Å². The summed E-state index contributed by atoms with van der Waals surface area (Å²) in [6, 6.07) is 11.2. The van der Waals surface area contributed by atoms with Crippen LogP contribution in [-0.2, 0) is 18.3 Å². The van der Waals surface area contributed by atoms with E-state index in [0.717, 1.165) is 42.7 Å². The van der Waals surface area contributed by atoms with E-state index < -0.39 is 5.60 Å². The average Bonchev–Trinajstić information content (AvgIpc) is 3.25. The lowest BCUT2D eigenvalue weighted by Gasteiger charge is -2.35. The minimum atomic E-state index is -0.454. The minimum Gasteiger partial charge on any atom is -0.444 e. The molecule has 0 radical (unpaired) electrons. The SMILES string of the molecule is Cc1cc(-c2ccc(CN3CC4CC3CN4C(=O)OC(C)(C)C)cc2)cn(C)c1=O. The second kappa shape index (κ2) is 7.58. The molecule has 2 bridgehead atoms. The molecule has 30 heavy (non-hydrogen) atoms. The van der Waals surface area contributed by atoms with Crippen molar-refractivity contribution in [1.29, 1.82) is 0 Å². The number of likely N-dealkylation sites (tertiary alicyclic amines) is 2. The molecule has 2 aliphatic heterocycles. The average molecular weight is 410 g/mol. The maximum Gasteiger partial charge on any atom is 0.410 e. The zero-order chi connectivity index (χ0) is 21.6. The fourth-order valence-corrected chi connectivity index (χ4v) is 4.56. The van der Waals surface area contributed by atoms with E-state index in [1.54, 1.807) is 11.6 Å². The number of aryl methyl sites for hydroxylation is 2. The Labute approximate surface area is 178 Å². The van der Waals surface area contributed by atoms with Crippen LogP contribution in [-0.4, -0.2) is 51.2 Å². The Morgan fingerprint density at radius 1 is 1.10 bits per heavy atom. The van der Waals surface area contributed by atoms with Gasteiger partial charge in [-0.1, -0.05) is 24.3 Å². The van der Waals surface area contributed by atoms with E-state index in [4.69, 9.17) is 4.74 Å². The highest BCUT2D eigenvalue weighted by Gasteiger charge is 2.46. The minimum absolute atomic E-state index is 0.0416. The molecular formula is C24H31N3O3. The standard InChI is InChI=1S/C24H31N3O3/c1-16-10-19(13-25(5)22(16)28)18-8-6-17(7-9-18)12-26-14-21-11-20(26)15-27(21)23(29)30-24(2,3)4/h6-10,13,20-21H,11-12,14-15H2,1-5H3. The van der Waals surface area contributed by atoms with E-state index in [1.807, 2.05) is 44.9 Å². The summed E-state index contributed by atoms with van der Waals surface area (Å²) in [6.45, 7) is 10.1. The molecule has 1 aromatic heterocycles. The van der Waals surface area contributed by atoms with Gasteiger partial charge >= 0.3 is 6.09 Å². The first kappa shape index (κ1) is 20.7. The van der Waals surface area contributed by atoms with Crippen molar-refractivity contribution in [3.63, 3.8) is 0 Å². The molecule has 0 aliphatic carbocycles. The first-order chi connectivity index (χ1) is 14.1. The van der Waals surface area contributed by atoms with Crippen molar-refractivity contribution in [2.75, 3.05) is 13.1 Å². The molecule has 160 valence electrons. The first-order valence-electron chi connectivity index (χ1n) is 10.6. The van der Waals surface area contributed by atoms with Crippen molar-refractivity contribution in [2.45, 2.75) is 58.3 Å². The first-order valence-corrected chi connectivity index (χ1v) is 10.6. The van der Waals surface area contributed by atoms with Crippen LogP contribution < -0.4 is 5.56 Å². The summed E-state index contributed by atoms with van der Waals surface area (Å²) >= 11 is 0. The number of aromatic nitrogens is 1. The maximum atomic E-state index is 12.4.